The average Bonchev–Trinajstić information content (AvgIpc) is 3.79. The molecule has 3 fully saturated rings. The molecule has 12 nitrogen and oxygen atoms in total. The fourth-order valence-electron chi connectivity index (χ4n) is 6.07. The summed E-state index contributed by atoms with van der Waals surface area (Å²) in [5.74, 6) is -1.24. The maximum Gasteiger partial charge on any atom is 0.248 e. The number of carbonyl (C=O) groups excluding carboxylic acids is 1. The number of rotatable bonds is 6. The van der Waals surface area contributed by atoms with Gasteiger partial charge in [0.1, 0.15) is 23.2 Å². The van der Waals surface area contributed by atoms with E-state index in [1.54, 1.807) is 17.9 Å². The van der Waals surface area contributed by atoms with Crippen LogP contribution < -0.4 is 11.1 Å². The summed E-state index contributed by atoms with van der Waals surface area (Å²) in [4.78, 5) is 32.2. The molecular weight excluding hydrogens is 510 g/mol. The van der Waals surface area contributed by atoms with E-state index in [1.807, 2.05) is 0 Å². The fraction of sp³-hybridized carbons (Fsp3) is 0.520. The molecule has 0 aromatic carbocycles. The average molecular weight is 535 g/mol. The number of aromatic nitrogens is 8. The molecule has 4 aromatic heterocycles. The monoisotopic (exact) mass is 534 g/mol. The number of alkyl halides is 2. The molecule has 0 bridgehead atoms. The molecule has 0 spiro atoms. The van der Waals surface area contributed by atoms with Crippen LogP contribution in [0.4, 0.5) is 20.4 Å². The Kier molecular flexibility index (Phi) is 4.40. The van der Waals surface area contributed by atoms with Crippen molar-refractivity contribution in [3.05, 3.63) is 29.4 Å². The summed E-state index contributed by atoms with van der Waals surface area (Å²) < 4.78 is 34.6. The van der Waals surface area contributed by atoms with Gasteiger partial charge < -0.3 is 15.5 Å². The van der Waals surface area contributed by atoms with Gasteiger partial charge >= 0.3 is 0 Å². The molecule has 200 valence electrons. The van der Waals surface area contributed by atoms with Crippen LogP contribution >= 0.6 is 0 Å². The fourth-order valence-corrected chi connectivity index (χ4v) is 6.07. The number of nitrogens with zero attached hydrogens (tertiary/aromatic N) is 8. The molecule has 3 aliphatic carbocycles. The summed E-state index contributed by atoms with van der Waals surface area (Å²) >= 11 is 0. The van der Waals surface area contributed by atoms with E-state index in [0.717, 1.165) is 25.7 Å². The lowest BCUT2D eigenvalue weighted by atomic mass is 9.77. The van der Waals surface area contributed by atoms with Crippen LogP contribution in [0.1, 0.15) is 67.6 Å². The highest BCUT2D eigenvalue weighted by Gasteiger charge is 2.63. The number of nitrogens with two attached hydrogens (primary N) is 1. The number of hydrogen-bond acceptors (Lipinski definition) is 10. The van der Waals surface area contributed by atoms with E-state index in [0.29, 0.717) is 40.4 Å². The van der Waals surface area contributed by atoms with Gasteiger partial charge in [-0.25, -0.2) is 28.7 Å². The lowest BCUT2D eigenvalue weighted by Gasteiger charge is -2.34. The first-order chi connectivity index (χ1) is 18.7. The van der Waals surface area contributed by atoms with Gasteiger partial charge in [0.2, 0.25) is 23.6 Å². The van der Waals surface area contributed by atoms with Gasteiger partial charge in [0.25, 0.3) is 0 Å². The van der Waals surface area contributed by atoms with Crippen molar-refractivity contribution in [2.45, 2.75) is 62.2 Å². The van der Waals surface area contributed by atoms with Gasteiger partial charge in [-0.05, 0) is 37.5 Å². The second kappa shape index (κ2) is 7.51. The van der Waals surface area contributed by atoms with E-state index < -0.39 is 11.3 Å². The van der Waals surface area contributed by atoms with Crippen LogP contribution in [0.25, 0.3) is 22.6 Å². The number of fused-ring (bicyclic) bond motifs is 2. The van der Waals surface area contributed by atoms with Crippen molar-refractivity contribution >= 4 is 28.6 Å². The number of nitrogens with one attached hydrogen (secondary N) is 1. The SMILES string of the molecule is Cn1ncc2c(-c3nc(N)c4c(n3)NC(=O)C4(c3nnc(C4CC4)o3)C3CC3)nc(CC3CC(F)(F)C3)nc21. The molecule has 1 atom stereocenters. The van der Waals surface area contributed by atoms with Crippen LogP contribution in [-0.4, -0.2) is 51.7 Å². The highest BCUT2D eigenvalue weighted by Crippen LogP contribution is 2.57. The molecule has 5 heterocycles. The third-order valence-corrected chi connectivity index (χ3v) is 8.31. The summed E-state index contributed by atoms with van der Waals surface area (Å²) in [6, 6.07) is 0. The zero-order chi connectivity index (χ0) is 26.7. The van der Waals surface area contributed by atoms with Crippen LogP contribution in [0.5, 0.6) is 0 Å². The van der Waals surface area contributed by atoms with Crippen LogP contribution in [-0.2, 0) is 23.7 Å². The number of halogens is 2. The van der Waals surface area contributed by atoms with E-state index in [1.165, 1.54) is 0 Å². The standard InChI is InChI=1S/C25H24F2N10O2/c1-37-20-13(9-29-37)16(30-14(31-20)6-10-7-24(26,27)8-10)19-32-17(28)15-18(33-19)34-22(38)25(15,12-4-5-12)23-36-35-21(39-23)11-2-3-11/h9-12H,2-8H2,1H3,(H3,28,32,33,34,38). The molecule has 1 aliphatic heterocycles. The van der Waals surface area contributed by atoms with Crippen molar-refractivity contribution in [3.8, 4) is 11.5 Å². The minimum absolute atomic E-state index is 0.0562. The van der Waals surface area contributed by atoms with E-state index in [9.17, 15) is 13.6 Å². The van der Waals surface area contributed by atoms with Crippen LogP contribution in [0, 0.1) is 11.8 Å². The second-order valence-corrected chi connectivity index (χ2v) is 11.2. The number of hydrogen-bond donors (Lipinski definition) is 2. The predicted molar refractivity (Wildman–Crippen MR) is 132 cm³/mol. The Morgan fingerprint density at radius 1 is 1.13 bits per heavy atom. The van der Waals surface area contributed by atoms with Crippen molar-refractivity contribution < 1.29 is 18.0 Å². The molecule has 4 aliphatic rings. The van der Waals surface area contributed by atoms with Crippen molar-refractivity contribution in [1.29, 1.82) is 0 Å². The molecule has 39 heavy (non-hydrogen) atoms. The first-order valence-corrected chi connectivity index (χ1v) is 13.1. The van der Waals surface area contributed by atoms with Gasteiger partial charge in [0, 0.05) is 32.2 Å². The first kappa shape index (κ1) is 22.8. The highest BCUT2D eigenvalue weighted by atomic mass is 19.3. The number of aryl methyl sites for hydroxylation is 1. The Morgan fingerprint density at radius 2 is 1.92 bits per heavy atom. The molecule has 8 rings (SSSR count). The molecule has 0 radical (unpaired) electrons. The number of nitrogen functional groups attached to an aromatic ring is 1. The minimum Gasteiger partial charge on any atom is -0.423 e. The molecule has 1 unspecified atom stereocenters. The van der Waals surface area contributed by atoms with Crippen molar-refractivity contribution in [2.24, 2.45) is 18.9 Å². The summed E-state index contributed by atoms with van der Waals surface area (Å²) in [6.45, 7) is 0. The van der Waals surface area contributed by atoms with E-state index >= 15 is 0 Å². The smallest absolute Gasteiger partial charge is 0.248 e. The van der Waals surface area contributed by atoms with Gasteiger partial charge in [0.05, 0.1) is 17.1 Å². The number of amides is 1. The third kappa shape index (κ3) is 3.32. The van der Waals surface area contributed by atoms with Gasteiger partial charge in [-0.3, -0.25) is 9.48 Å². The van der Waals surface area contributed by atoms with Gasteiger partial charge in [-0.2, -0.15) is 5.10 Å². The van der Waals surface area contributed by atoms with Gasteiger partial charge in [-0.1, -0.05) is 0 Å². The first-order valence-electron chi connectivity index (χ1n) is 13.1. The van der Waals surface area contributed by atoms with E-state index in [4.69, 9.17) is 15.1 Å². The lowest BCUT2D eigenvalue weighted by Crippen LogP contribution is -2.39. The Hall–Kier alpha value is -4.10. The maximum absolute atomic E-state index is 13.7. The summed E-state index contributed by atoms with van der Waals surface area (Å²) in [7, 11) is 1.74. The summed E-state index contributed by atoms with van der Waals surface area (Å²) in [5.41, 5.74) is 6.68. The van der Waals surface area contributed by atoms with Gasteiger partial charge in [-0.15, -0.1) is 10.2 Å². The molecule has 1 amide bonds. The maximum atomic E-state index is 13.7. The third-order valence-electron chi connectivity index (χ3n) is 8.31. The molecule has 3 saturated carbocycles. The largest absolute Gasteiger partial charge is 0.423 e. The Morgan fingerprint density at radius 3 is 2.64 bits per heavy atom. The van der Waals surface area contributed by atoms with Crippen molar-refractivity contribution in [3.63, 3.8) is 0 Å². The Labute approximate surface area is 219 Å². The minimum atomic E-state index is -2.63. The second-order valence-electron chi connectivity index (χ2n) is 11.2. The number of anilines is 2. The molecule has 4 aromatic rings. The zero-order valence-corrected chi connectivity index (χ0v) is 21.0. The van der Waals surface area contributed by atoms with Crippen LogP contribution in [0.3, 0.4) is 0 Å². The van der Waals surface area contributed by atoms with Crippen LogP contribution in [0.15, 0.2) is 10.6 Å². The molecule has 0 saturated heterocycles. The predicted octanol–water partition coefficient (Wildman–Crippen LogP) is 2.90. The highest BCUT2D eigenvalue weighted by molar-refractivity contribution is 6.09. The Bertz CT molecular complexity index is 1680. The van der Waals surface area contributed by atoms with Gasteiger partial charge in [0.15, 0.2) is 16.9 Å². The normalized spacial score (nSPS) is 24.1. The van der Waals surface area contributed by atoms with E-state index in [-0.39, 0.29) is 59.9 Å². The zero-order valence-electron chi connectivity index (χ0n) is 21.0. The molecule has 3 N–H and O–H groups in total. The molecular formula is C25H24F2N10O2. The lowest BCUT2D eigenvalue weighted by molar-refractivity contribution is -0.120. The van der Waals surface area contributed by atoms with Crippen LogP contribution in [0.2, 0.25) is 0 Å². The van der Waals surface area contributed by atoms with Crippen molar-refractivity contribution in [2.75, 3.05) is 11.1 Å². The van der Waals surface area contributed by atoms with E-state index in [2.05, 4.69) is 35.6 Å². The molecule has 14 heteroatoms. The Balaban J connectivity index is 1.24. The van der Waals surface area contributed by atoms with Crippen molar-refractivity contribution in [1.82, 2.24) is 39.9 Å². The summed E-state index contributed by atoms with van der Waals surface area (Å²) in [6.07, 6.45) is 5.11. The topological polar surface area (TPSA) is 163 Å². The number of carbonyl (C=O) groups is 1. The summed E-state index contributed by atoms with van der Waals surface area (Å²) in [5, 5.41) is 16.3. The quantitative estimate of drug-likeness (QED) is 0.376.